The maximum atomic E-state index is 5.72. The Bertz CT molecular complexity index is 647. The van der Waals surface area contributed by atoms with Gasteiger partial charge in [-0.3, -0.25) is 0 Å². The van der Waals surface area contributed by atoms with Crippen molar-refractivity contribution < 1.29 is 4.42 Å². The summed E-state index contributed by atoms with van der Waals surface area (Å²) in [4.78, 5) is 4.47. The number of allylic oxidation sites excluding steroid dienone is 1. The van der Waals surface area contributed by atoms with Gasteiger partial charge >= 0.3 is 0 Å². The second kappa shape index (κ2) is 4.49. The van der Waals surface area contributed by atoms with Gasteiger partial charge in [0.25, 0.3) is 0 Å². The van der Waals surface area contributed by atoms with Gasteiger partial charge in [0.2, 0.25) is 5.89 Å². The molecule has 3 rings (SSSR count). The van der Waals surface area contributed by atoms with Crippen LogP contribution in [0.2, 0.25) is 0 Å². The van der Waals surface area contributed by atoms with Crippen LogP contribution in [0.15, 0.2) is 65.6 Å². The molecule has 0 unspecified atom stereocenters. The third-order valence-corrected chi connectivity index (χ3v) is 2.87. The lowest BCUT2D eigenvalue weighted by Crippen LogP contribution is -1.81. The van der Waals surface area contributed by atoms with Crippen LogP contribution in [0, 0.1) is 0 Å². The standard InChI is InChI=1S/C16H13NO/c1-2-5-12-8-10-13(11-9-12)16-17-14-6-3-4-7-15(14)18-16/h2-4,6-11H,1,5H2. The SMILES string of the molecule is C=CCc1ccc(-c2nc3ccccc3o2)cc1. The summed E-state index contributed by atoms with van der Waals surface area (Å²) < 4.78 is 5.72. The number of oxazole rings is 1. The first kappa shape index (κ1) is 10.8. The predicted molar refractivity (Wildman–Crippen MR) is 73.3 cm³/mol. The Morgan fingerprint density at radius 2 is 1.83 bits per heavy atom. The topological polar surface area (TPSA) is 26.0 Å². The van der Waals surface area contributed by atoms with Gasteiger partial charge in [0.15, 0.2) is 5.58 Å². The van der Waals surface area contributed by atoms with Crippen molar-refractivity contribution in [1.29, 1.82) is 0 Å². The molecule has 0 radical (unpaired) electrons. The minimum Gasteiger partial charge on any atom is -0.436 e. The highest BCUT2D eigenvalue weighted by molar-refractivity contribution is 5.75. The third kappa shape index (κ3) is 1.93. The quantitative estimate of drug-likeness (QED) is 0.635. The number of aromatic nitrogens is 1. The van der Waals surface area contributed by atoms with Crippen LogP contribution in [0.4, 0.5) is 0 Å². The molecule has 2 aromatic carbocycles. The van der Waals surface area contributed by atoms with Gasteiger partial charge in [-0.25, -0.2) is 4.98 Å². The van der Waals surface area contributed by atoms with Gasteiger partial charge in [-0.15, -0.1) is 6.58 Å². The largest absolute Gasteiger partial charge is 0.436 e. The second-order valence-corrected chi connectivity index (χ2v) is 4.18. The molecule has 0 saturated heterocycles. The second-order valence-electron chi connectivity index (χ2n) is 4.18. The lowest BCUT2D eigenvalue weighted by molar-refractivity contribution is 0.620. The Kier molecular flexibility index (Phi) is 2.69. The Labute approximate surface area is 106 Å². The molecule has 0 aliphatic carbocycles. The fourth-order valence-electron chi connectivity index (χ4n) is 1.95. The van der Waals surface area contributed by atoms with E-state index in [9.17, 15) is 0 Å². The van der Waals surface area contributed by atoms with E-state index in [0.717, 1.165) is 23.1 Å². The van der Waals surface area contributed by atoms with E-state index in [4.69, 9.17) is 4.42 Å². The zero-order valence-corrected chi connectivity index (χ0v) is 9.97. The monoisotopic (exact) mass is 235 g/mol. The van der Waals surface area contributed by atoms with Crippen LogP contribution in [0.5, 0.6) is 0 Å². The number of hydrogen-bond donors (Lipinski definition) is 0. The van der Waals surface area contributed by atoms with Crippen molar-refractivity contribution in [2.24, 2.45) is 0 Å². The van der Waals surface area contributed by atoms with E-state index in [0.29, 0.717) is 5.89 Å². The molecule has 0 fully saturated rings. The van der Waals surface area contributed by atoms with Crippen molar-refractivity contribution in [2.45, 2.75) is 6.42 Å². The van der Waals surface area contributed by atoms with Crippen molar-refractivity contribution in [3.63, 3.8) is 0 Å². The third-order valence-electron chi connectivity index (χ3n) is 2.87. The number of hydrogen-bond acceptors (Lipinski definition) is 2. The van der Waals surface area contributed by atoms with Crippen LogP contribution < -0.4 is 0 Å². The van der Waals surface area contributed by atoms with Gasteiger partial charge in [-0.05, 0) is 36.2 Å². The first-order chi connectivity index (χ1) is 8.86. The normalized spacial score (nSPS) is 10.7. The molecule has 3 aromatic rings. The summed E-state index contributed by atoms with van der Waals surface area (Å²) in [7, 11) is 0. The number of para-hydroxylation sites is 2. The molecular weight excluding hydrogens is 222 g/mol. The Balaban J connectivity index is 2.00. The fraction of sp³-hybridized carbons (Fsp3) is 0.0625. The van der Waals surface area contributed by atoms with Gasteiger partial charge < -0.3 is 4.42 Å². The minimum absolute atomic E-state index is 0.668. The van der Waals surface area contributed by atoms with Crippen LogP contribution in [0.3, 0.4) is 0 Å². The summed E-state index contributed by atoms with van der Waals surface area (Å²) in [6.45, 7) is 3.73. The van der Waals surface area contributed by atoms with E-state index in [1.165, 1.54) is 5.56 Å². The fourth-order valence-corrected chi connectivity index (χ4v) is 1.95. The van der Waals surface area contributed by atoms with E-state index >= 15 is 0 Å². The molecular formula is C16H13NO. The highest BCUT2D eigenvalue weighted by Gasteiger charge is 2.06. The molecule has 0 N–H and O–H groups in total. The molecule has 2 nitrogen and oxygen atoms in total. The summed E-state index contributed by atoms with van der Waals surface area (Å²) in [5, 5.41) is 0. The van der Waals surface area contributed by atoms with Gasteiger partial charge in [0.1, 0.15) is 5.52 Å². The zero-order chi connectivity index (χ0) is 12.4. The van der Waals surface area contributed by atoms with Crippen molar-refractivity contribution in [2.75, 3.05) is 0 Å². The number of rotatable bonds is 3. The maximum absolute atomic E-state index is 5.72. The van der Waals surface area contributed by atoms with Crippen LogP contribution >= 0.6 is 0 Å². The van der Waals surface area contributed by atoms with Crippen LogP contribution in [-0.2, 0) is 6.42 Å². The van der Waals surface area contributed by atoms with Gasteiger partial charge in [-0.2, -0.15) is 0 Å². The highest BCUT2D eigenvalue weighted by Crippen LogP contribution is 2.24. The molecule has 0 amide bonds. The van der Waals surface area contributed by atoms with E-state index < -0.39 is 0 Å². The Morgan fingerprint density at radius 3 is 2.56 bits per heavy atom. The first-order valence-electron chi connectivity index (χ1n) is 5.92. The van der Waals surface area contributed by atoms with Crippen LogP contribution in [-0.4, -0.2) is 4.98 Å². The molecule has 0 bridgehead atoms. The lowest BCUT2D eigenvalue weighted by atomic mass is 10.1. The lowest BCUT2D eigenvalue weighted by Gasteiger charge is -1.98. The zero-order valence-electron chi connectivity index (χ0n) is 9.97. The molecule has 1 aromatic heterocycles. The first-order valence-corrected chi connectivity index (χ1v) is 5.92. The van der Waals surface area contributed by atoms with Crippen LogP contribution in [0.25, 0.3) is 22.6 Å². The Morgan fingerprint density at radius 1 is 1.06 bits per heavy atom. The summed E-state index contributed by atoms with van der Waals surface area (Å²) in [5.41, 5.74) is 3.95. The van der Waals surface area contributed by atoms with E-state index in [-0.39, 0.29) is 0 Å². The molecule has 88 valence electrons. The summed E-state index contributed by atoms with van der Waals surface area (Å²) in [5.74, 6) is 0.668. The van der Waals surface area contributed by atoms with E-state index in [1.54, 1.807) is 0 Å². The summed E-state index contributed by atoms with van der Waals surface area (Å²) in [6, 6.07) is 16.0. The molecule has 0 aliphatic rings. The maximum Gasteiger partial charge on any atom is 0.227 e. The number of fused-ring (bicyclic) bond motifs is 1. The number of nitrogens with zero attached hydrogens (tertiary/aromatic N) is 1. The van der Waals surface area contributed by atoms with Gasteiger partial charge in [0.05, 0.1) is 0 Å². The highest BCUT2D eigenvalue weighted by atomic mass is 16.3. The predicted octanol–water partition coefficient (Wildman–Crippen LogP) is 4.22. The molecule has 2 heteroatoms. The summed E-state index contributed by atoms with van der Waals surface area (Å²) in [6.07, 6.45) is 2.78. The molecule has 18 heavy (non-hydrogen) atoms. The summed E-state index contributed by atoms with van der Waals surface area (Å²) >= 11 is 0. The van der Waals surface area contributed by atoms with E-state index in [2.05, 4.69) is 23.7 Å². The van der Waals surface area contributed by atoms with E-state index in [1.807, 2.05) is 42.5 Å². The average molecular weight is 235 g/mol. The molecule has 0 spiro atoms. The van der Waals surface area contributed by atoms with Gasteiger partial charge in [0, 0.05) is 5.56 Å². The molecule has 0 aliphatic heterocycles. The van der Waals surface area contributed by atoms with Gasteiger partial charge in [-0.1, -0.05) is 30.3 Å². The molecule has 1 heterocycles. The Hall–Kier alpha value is -2.35. The van der Waals surface area contributed by atoms with Crippen molar-refractivity contribution in [3.05, 3.63) is 66.7 Å². The smallest absolute Gasteiger partial charge is 0.227 e. The van der Waals surface area contributed by atoms with Crippen molar-refractivity contribution >= 4 is 11.1 Å². The van der Waals surface area contributed by atoms with Crippen LogP contribution in [0.1, 0.15) is 5.56 Å². The molecule has 0 atom stereocenters. The van der Waals surface area contributed by atoms with Crippen molar-refractivity contribution in [1.82, 2.24) is 4.98 Å². The van der Waals surface area contributed by atoms with Crippen molar-refractivity contribution in [3.8, 4) is 11.5 Å². The minimum atomic E-state index is 0.668. The molecule has 0 saturated carbocycles. The number of benzene rings is 2. The average Bonchev–Trinajstić information content (AvgIpc) is 2.84.